The van der Waals surface area contributed by atoms with E-state index in [0.29, 0.717) is 12.5 Å². The Labute approximate surface area is 83.7 Å². The van der Waals surface area contributed by atoms with Crippen LogP contribution in [0.5, 0.6) is 5.75 Å². The van der Waals surface area contributed by atoms with Crippen LogP contribution < -0.4 is 4.74 Å². The van der Waals surface area contributed by atoms with Gasteiger partial charge in [-0.05, 0) is 36.5 Å². The van der Waals surface area contributed by atoms with E-state index >= 15 is 0 Å². The first-order valence-corrected chi connectivity index (χ1v) is 5.22. The highest BCUT2D eigenvalue weighted by atomic mass is 35.5. The average Bonchev–Trinajstić information content (AvgIpc) is 2.99. The van der Waals surface area contributed by atoms with Crippen molar-refractivity contribution in [3.05, 3.63) is 29.8 Å². The maximum Gasteiger partial charge on any atom is 0.119 e. The van der Waals surface area contributed by atoms with Crippen molar-refractivity contribution >= 4 is 11.6 Å². The smallest absolute Gasteiger partial charge is 0.119 e. The van der Waals surface area contributed by atoms with E-state index in [9.17, 15) is 0 Å². The zero-order valence-electron chi connectivity index (χ0n) is 7.50. The van der Waals surface area contributed by atoms with Crippen LogP contribution in [-0.2, 0) is 0 Å². The Bertz CT molecular complexity index is 264. The maximum absolute atomic E-state index is 5.52. The first-order chi connectivity index (χ1) is 6.40. The number of hydrogen-bond donors (Lipinski definition) is 0. The van der Waals surface area contributed by atoms with Crippen molar-refractivity contribution in [1.82, 2.24) is 0 Å². The van der Waals surface area contributed by atoms with Crippen LogP contribution in [0.15, 0.2) is 24.3 Å². The molecule has 0 bridgehead atoms. The molecule has 0 saturated heterocycles. The minimum absolute atomic E-state index is 0.546. The first-order valence-electron chi connectivity index (χ1n) is 4.69. The van der Waals surface area contributed by atoms with Gasteiger partial charge in [0.1, 0.15) is 12.4 Å². The molecular weight excluding hydrogens is 184 g/mol. The number of hydrogen-bond acceptors (Lipinski definition) is 1. The zero-order chi connectivity index (χ0) is 9.10. The van der Waals surface area contributed by atoms with Gasteiger partial charge in [0, 0.05) is 0 Å². The summed E-state index contributed by atoms with van der Waals surface area (Å²) in [6.07, 6.45) is 2.70. The van der Waals surface area contributed by atoms with Crippen molar-refractivity contribution in [2.24, 2.45) is 0 Å². The molecule has 0 radical (unpaired) electrons. The summed E-state index contributed by atoms with van der Waals surface area (Å²) in [5.41, 5.74) is 1.44. The minimum atomic E-state index is 0.546. The van der Waals surface area contributed by atoms with Gasteiger partial charge in [0.05, 0.1) is 5.88 Å². The van der Waals surface area contributed by atoms with Crippen LogP contribution in [-0.4, -0.2) is 12.5 Å². The Morgan fingerprint density at radius 1 is 1.23 bits per heavy atom. The zero-order valence-corrected chi connectivity index (χ0v) is 8.26. The minimum Gasteiger partial charge on any atom is -0.492 e. The number of alkyl halides is 1. The summed E-state index contributed by atoms with van der Waals surface area (Å²) in [5.74, 6) is 2.29. The lowest BCUT2D eigenvalue weighted by Gasteiger charge is -2.04. The van der Waals surface area contributed by atoms with Gasteiger partial charge < -0.3 is 4.74 Å². The Morgan fingerprint density at radius 3 is 2.46 bits per heavy atom. The van der Waals surface area contributed by atoms with Crippen LogP contribution in [0.3, 0.4) is 0 Å². The molecule has 1 fully saturated rings. The molecule has 13 heavy (non-hydrogen) atoms. The van der Waals surface area contributed by atoms with Crippen LogP contribution >= 0.6 is 11.6 Å². The molecule has 1 aliphatic rings. The molecule has 0 aromatic heterocycles. The monoisotopic (exact) mass is 196 g/mol. The topological polar surface area (TPSA) is 9.23 Å². The van der Waals surface area contributed by atoms with Gasteiger partial charge in [-0.15, -0.1) is 11.6 Å². The molecule has 70 valence electrons. The second-order valence-corrected chi connectivity index (χ2v) is 3.76. The average molecular weight is 197 g/mol. The van der Waals surface area contributed by atoms with Gasteiger partial charge in [-0.3, -0.25) is 0 Å². The van der Waals surface area contributed by atoms with Crippen LogP contribution in [0, 0.1) is 0 Å². The Morgan fingerprint density at radius 2 is 1.92 bits per heavy atom. The van der Waals surface area contributed by atoms with Crippen molar-refractivity contribution in [3.63, 3.8) is 0 Å². The third-order valence-electron chi connectivity index (χ3n) is 2.27. The Kier molecular flexibility index (Phi) is 2.74. The summed E-state index contributed by atoms with van der Waals surface area (Å²) in [6.45, 7) is 0.588. The first kappa shape index (κ1) is 8.89. The van der Waals surface area contributed by atoms with E-state index in [0.717, 1.165) is 11.7 Å². The summed E-state index contributed by atoms with van der Waals surface area (Å²) >= 11 is 5.52. The standard InChI is InChI=1S/C11H13ClO/c12-7-8-13-11-5-3-10(4-6-11)9-1-2-9/h3-6,9H,1-2,7-8H2. The van der Waals surface area contributed by atoms with E-state index in [1.165, 1.54) is 18.4 Å². The number of halogens is 1. The van der Waals surface area contributed by atoms with Crippen molar-refractivity contribution in [2.75, 3.05) is 12.5 Å². The van der Waals surface area contributed by atoms with Crippen molar-refractivity contribution in [2.45, 2.75) is 18.8 Å². The van der Waals surface area contributed by atoms with Gasteiger partial charge >= 0.3 is 0 Å². The summed E-state index contributed by atoms with van der Waals surface area (Å²) in [4.78, 5) is 0. The van der Waals surface area contributed by atoms with E-state index in [1.807, 2.05) is 12.1 Å². The van der Waals surface area contributed by atoms with E-state index in [-0.39, 0.29) is 0 Å². The van der Waals surface area contributed by atoms with Crippen molar-refractivity contribution in [3.8, 4) is 5.75 Å². The Hall–Kier alpha value is -0.690. The fraction of sp³-hybridized carbons (Fsp3) is 0.455. The van der Waals surface area contributed by atoms with Crippen molar-refractivity contribution < 1.29 is 4.74 Å². The largest absolute Gasteiger partial charge is 0.492 e. The highest BCUT2D eigenvalue weighted by molar-refractivity contribution is 6.17. The fourth-order valence-corrected chi connectivity index (χ4v) is 1.49. The lowest BCUT2D eigenvalue weighted by molar-refractivity contribution is 0.342. The molecule has 0 atom stereocenters. The third-order valence-corrected chi connectivity index (χ3v) is 2.43. The van der Waals surface area contributed by atoms with Gasteiger partial charge in [-0.2, -0.15) is 0 Å². The SMILES string of the molecule is ClCCOc1ccc(C2CC2)cc1. The molecule has 1 saturated carbocycles. The second kappa shape index (κ2) is 4.01. The summed E-state index contributed by atoms with van der Waals surface area (Å²) in [6, 6.07) is 8.36. The predicted octanol–water partition coefficient (Wildman–Crippen LogP) is 3.18. The summed E-state index contributed by atoms with van der Waals surface area (Å²) < 4.78 is 5.38. The normalized spacial score (nSPS) is 15.8. The number of benzene rings is 1. The molecule has 0 heterocycles. The third kappa shape index (κ3) is 2.38. The maximum atomic E-state index is 5.52. The van der Waals surface area contributed by atoms with Crippen LogP contribution in [0.1, 0.15) is 24.3 Å². The predicted molar refractivity (Wildman–Crippen MR) is 54.6 cm³/mol. The highest BCUT2D eigenvalue weighted by Crippen LogP contribution is 2.40. The quantitative estimate of drug-likeness (QED) is 0.673. The molecule has 2 heteroatoms. The molecule has 0 aliphatic heterocycles. The van der Waals surface area contributed by atoms with E-state index in [2.05, 4.69) is 12.1 Å². The highest BCUT2D eigenvalue weighted by Gasteiger charge is 2.22. The molecule has 1 aromatic carbocycles. The fourth-order valence-electron chi connectivity index (χ4n) is 1.41. The van der Waals surface area contributed by atoms with E-state index in [1.54, 1.807) is 0 Å². The van der Waals surface area contributed by atoms with Gasteiger partial charge in [-0.25, -0.2) is 0 Å². The van der Waals surface area contributed by atoms with Crippen molar-refractivity contribution in [1.29, 1.82) is 0 Å². The molecule has 0 N–H and O–H groups in total. The van der Waals surface area contributed by atoms with Gasteiger partial charge in [-0.1, -0.05) is 12.1 Å². The molecule has 0 spiro atoms. The lowest BCUT2D eigenvalue weighted by atomic mass is 10.1. The second-order valence-electron chi connectivity index (χ2n) is 3.38. The summed E-state index contributed by atoms with van der Waals surface area (Å²) in [7, 11) is 0. The molecule has 1 nitrogen and oxygen atoms in total. The lowest BCUT2D eigenvalue weighted by Crippen LogP contribution is -1.97. The van der Waals surface area contributed by atoms with E-state index in [4.69, 9.17) is 16.3 Å². The van der Waals surface area contributed by atoms with Crippen LogP contribution in [0.25, 0.3) is 0 Å². The van der Waals surface area contributed by atoms with Gasteiger partial charge in [0.2, 0.25) is 0 Å². The van der Waals surface area contributed by atoms with Gasteiger partial charge in [0.25, 0.3) is 0 Å². The molecule has 2 rings (SSSR count). The van der Waals surface area contributed by atoms with Crippen LogP contribution in [0.2, 0.25) is 0 Å². The summed E-state index contributed by atoms with van der Waals surface area (Å²) in [5, 5.41) is 0. The number of rotatable bonds is 4. The van der Waals surface area contributed by atoms with Crippen LogP contribution in [0.4, 0.5) is 0 Å². The molecule has 1 aliphatic carbocycles. The molecule has 0 amide bonds. The number of ether oxygens (including phenoxy) is 1. The molecular formula is C11H13ClO. The van der Waals surface area contributed by atoms with Gasteiger partial charge in [0.15, 0.2) is 0 Å². The molecule has 0 unspecified atom stereocenters. The van der Waals surface area contributed by atoms with E-state index < -0.39 is 0 Å². The Balaban J connectivity index is 1.96. The molecule has 1 aromatic rings.